The molecule has 0 saturated carbocycles. The molecule has 30 aliphatic rings. The van der Waals surface area contributed by atoms with Gasteiger partial charge in [-0.05, 0) is 0 Å². The normalized spacial score (nSPS) is 46.7. The number of hydrogen-bond acceptors (Lipinski definition) is 40. The van der Waals surface area contributed by atoms with Gasteiger partial charge in [0.25, 0.3) is 0 Å². The maximum Gasteiger partial charge on any atom is 0.187 e. The molecule has 30 aliphatic heterocycles. The molecule has 0 aromatic carbocycles. The van der Waals surface area contributed by atoms with E-state index in [-0.39, 0.29) is 39.6 Å². The first-order valence-corrected chi connectivity index (χ1v) is 36.6. The first-order chi connectivity index (χ1) is 53.5. The van der Waals surface area contributed by atoms with E-state index in [1.165, 1.54) is 156 Å². The first kappa shape index (κ1) is 92.3. The second-order valence-electron chi connectivity index (χ2n) is 27.5. The van der Waals surface area contributed by atoms with Crippen LogP contribution >= 0.6 is 0 Å². The second kappa shape index (κ2) is 45.0. The van der Waals surface area contributed by atoms with Crippen molar-refractivity contribution in [2.45, 2.75) is 246 Å². The minimum atomic E-state index is -1.34. The lowest BCUT2D eigenvalue weighted by Crippen LogP contribution is -2.70. The van der Waals surface area contributed by atoms with Crippen LogP contribution in [0, 0.1) is 0 Å². The predicted molar refractivity (Wildman–Crippen MR) is 366 cm³/mol. The van der Waals surface area contributed by atoms with Gasteiger partial charge in [-0.2, -0.15) is 0 Å². The number of rotatable bonds is 30. The van der Waals surface area contributed by atoms with Crippen molar-refractivity contribution < 1.29 is 190 Å². The van der Waals surface area contributed by atoms with Gasteiger partial charge in [0.15, 0.2) is 50.3 Å². The molecule has 16 bridgehead atoms. The van der Waals surface area contributed by atoms with Gasteiger partial charge in [0.05, 0.1) is 52.9 Å². The Labute approximate surface area is 643 Å². The predicted octanol–water partition coefficient (Wildman–Crippen LogP) is -3.02. The molecule has 0 amide bonds. The molecule has 644 valence electrons. The van der Waals surface area contributed by atoms with Gasteiger partial charge in [0.2, 0.25) is 0 Å². The number of ether oxygens (including phenoxy) is 38. The van der Waals surface area contributed by atoms with Crippen LogP contribution in [-0.4, -0.2) is 465 Å². The molecule has 2 N–H and O–H groups in total. The highest BCUT2D eigenvalue weighted by atomic mass is 16.8. The molecule has 0 radical (unpaired) electrons. The summed E-state index contributed by atoms with van der Waals surface area (Å²) in [7, 11) is 32.4. The van der Waals surface area contributed by atoms with Gasteiger partial charge in [-0.15, -0.1) is 0 Å². The van der Waals surface area contributed by atoms with Gasteiger partial charge < -0.3 is 190 Å². The fourth-order valence-electron chi connectivity index (χ4n) is 16.7. The molecule has 30 heterocycles. The quantitative estimate of drug-likeness (QED) is 0.0723. The summed E-state index contributed by atoms with van der Waals surface area (Å²) < 4.78 is 245. The molecule has 40 nitrogen and oxygen atoms in total. The van der Waals surface area contributed by atoms with Crippen LogP contribution in [-0.2, 0) is 180 Å². The Balaban J connectivity index is 1.11. The van der Waals surface area contributed by atoms with E-state index in [1.807, 2.05) is 0 Å². The Morgan fingerprint density at radius 3 is 0.364 bits per heavy atom. The fourth-order valence-corrected chi connectivity index (χ4v) is 16.7. The van der Waals surface area contributed by atoms with Crippen LogP contribution in [0.2, 0.25) is 0 Å². The summed E-state index contributed by atoms with van der Waals surface area (Å²) in [6, 6.07) is 0. The lowest BCUT2D eigenvalue weighted by atomic mass is 9.94. The van der Waals surface area contributed by atoms with Gasteiger partial charge in [0.1, 0.15) is 195 Å². The van der Waals surface area contributed by atoms with Crippen molar-refractivity contribution in [1.82, 2.24) is 0 Å². The second-order valence-corrected chi connectivity index (χ2v) is 27.5. The zero-order valence-corrected chi connectivity index (χ0v) is 67.2. The van der Waals surface area contributed by atoms with Crippen LogP contribution in [0.4, 0.5) is 0 Å². The zero-order valence-electron chi connectivity index (χ0n) is 67.2. The average Bonchev–Trinajstić information content (AvgIpc) is 0.763. The van der Waals surface area contributed by atoms with E-state index in [4.69, 9.17) is 180 Å². The average molecular weight is 1610 g/mol. The van der Waals surface area contributed by atoms with Gasteiger partial charge >= 0.3 is 0 Å². The van der Waals surface area contributed by atoms with Crippen molar-refractivity contribution >= 4 is 0 Å². The lowest BCUT2D eigenvalue weighted by molar-refractivity contribution is -0.409. The number of hydrogen-bond donors (Lipinski definition) is 2. The van der Waals surface area contributed by atoms with Crippen LogP contribution in [0.25, 0.3) is 0 Å². The van der Waals surface area contributed by atoms with Crippen molar-refractivity contribution in [3.63, 3.8) is 0 Å². The molecule has 40 atom stereocenters. The van der Waals surface area contributed by atoms with E-state index >= 15 is 0 Å². The van der Waals surface area contributed by atoms with Crippen LogP contribution in [0.15, 0.2) is 0 Å². The van der Waals surface area contributed by atoms with Crippen LogP contribution in [0.3, 0.4) is 0 Å². The fraction of sp³-hybridized carbons (Fsp3) is 1.00. The molecule has 30 fully saturated rings. The van der Waals surface area contributed by atoms with Gasteiger partial charge in [-0.3, -0.25) is 0 Å². The molecule has 0 unspecified atom stereocenters. The van der Waals surface area contributed by atoms with E-state index in [1.54, 1.807) is 0 Å². The summed E-state index contributed by atoms with van der Waals surface area (Å²) >= 11 is 0. The molecule has 0 spiro atoms. The minimum Gasteiger partial charge on any atom is -0.394 e. The van der Waals surface area contributed by atoms with Crippen molar-refractivity contribution in [3.8, 4) is 0 Å². The minimum absolute atomic E-state index is 0.0808. The molecule has 0 aliphatic carbocycles. The third-order valence-electron chi connectivity index (χ3n) is 21.8. The van der Waals surface area contributed by atoms with Gasteiger partial charge in [-0.1, -0.05) is 0 Å². The summed E-state index contributed by atoms with van der Waals surface area (Å²) in [6.45, 7) is -1.79. The summed E-state index contributed by atoms with van der Waals surface area (Å²) in [5.74, 6) is 0. The largest absolute Gasteiger partial charge is 0.394 e. The van der Waals surface area contributed by atoms with Crippen molar-refractivity contribution in [2.75, 3.05) is 209 Å². The summed E-state index contributed by atoms with van der Waals surface area (Å²) in [6.07, 6.45) is -44.5. The van der Waals surface area contributed by atoms with E-state index in [0.717, 1.165) is 0 Å². The topological polar surface area (TPSA) is 391 Å². The smallest absolute Gasteiger partial charge is 0.187 e. The number of aliphatic hydroxyl groups excluding tert-OH is 2. The Hall–Kier alpha value is -1.60. The third-order valence-corrected chi connectivity index (χ3v) is 21.8. The molecule has 110 heavy (non-hydrogen) atoms. The Kier molecular flexibility index (Phi) is 37.7. The van der Waals surface area contributed by atoms with E-state index in [0.29, 0.717) is 0 Å². The van der Waals surface area contributed by atoms with Crippen LogP contribution < -0.4 is 0 Å². The summed E-state index contributed by atoms with van der Waals surface area (Å²) in [4.78, 5) is 0. The monoisotopic (exact) mass is 1600 g/mol. The highest BCUT2D eigenvalue weighted by Crippen LogP contribution is 2.44. The SMILES string of the molecule is COC[C@H]1O[C@@H]2O[C@H]3[C@H](OC)[C@@H](OC)[C@@H](O[C@H]4[C@H](OC)[C@@H](OC)[C@@H](O[C@H]5[C@H](OC)[C@@H](OC)[C@@H](O[C@H]6[C@H](OC)[C@@H](OC)[C@@H](O[C@H]7[C@H](OC)[C@@H](OC)[C@@H](O[C@H]8[C@H](OC)[C@@H](OC)[C@@H](O[C@H]9[C@H](OC)[C@@H](OC)[C@@H](O[C@H]1[C@H](OC)[C@H]2OC)O[C@@H]9CO)O[C@@H]8COC)O[C@@H]7COC)O[C@@H]6COC)O[C@@H]5CO)O[C@@H]4COC)O[C@@H]3COC. The van der Waals surface area contributed by atoms with E-state index in [2.05, 4.69) is 0 Å². The highest BCUT2D eigenvalue weighted by Gasteiger charge is 2.63. The van der Waals surface area contributed by atoms with Crippen molar-refractivity contribution in [2.24, 2.45) is 0 Å². The number of methoxy groups -OCH3 is 22. The molecular formula is C70H124O40. The van der Waals surface area contributed by atoms with Gasteiger partial charge in [-0.25, -0.2) is 0 Å². The first-order valence-electron chi connectivity index (χ1n) is 36.6. The third kappa shape index (κ3) is 19.8. The Morgan fingerprint density at radius 1 is 0.155 bits per heavy atom. The Morgan fingerprint density at radius 2 is 0.264 bits per heavy atom. The molecule has 30 rings (SSSR count). The van der Waals surface area contributed by atoms with Crippen LogP contribution in [0.5, 0.6) is 0 Å². The molecule has 40 heteroatoms. The van der Waals surface area contributed by atoms with Crippen molar-refractivity contribution in [3.05, 3.63) is 0 Å². The van der Waals surface area contributed by atoms with E-state index < -0.39 is 259 Å². The zero-order chi connectivity index (χ0) is 79.6. The maximum atomic E-state index is 11.4. The molecule has 0 aromatic rings. The Bertz CT molecular complexity index is 2370. The highest BCUT2D eigenvalue weighted by molar-refractivity contribution is 5.05. The number of aliphatic hydroxyl groups is 2. The standard InChI is InChI=1S/C70H124O40/c1-73-25-33-41-49(81-9)59(91-19)67(99-33)109-45-37(29-77-5)101-69(61(93-21)53(45)85-13)107-43-35(27-75-3)98-66(58(90-18)51(43)83-11)104-40-32(24-72)96-64(56(88-16)48(40)80-8)106-42-34(26-74-2)100-68(60(92-20)50(42)82-10)110-46-38(30-78-6)102-70(62(94-22)54(46)86-14)108-44-36(28-76-4)97-65(57(89-17)52(44)84-12)103-39-31(23-71)95-63(105-41)55(87-15)47(39)79-7/h31-72H,23-30H2,1-22H3/t31-,32-,33-,34-,35-,36-,37-,38-,39-,40-,41-,42-,43-,44-,45-,46-,47+,48+,49+,50+,51+,52+,53+,54+,55-,56-,57-,58-,59-,60-,61-,62-,63-,64-,65-,66-,67-,68-,69-,70-/m1/s1. The summed E-state index contributed by atoms with van der Waals surface area (Å²) in [5.41, 5.74) is 0. The summed E-state index contributed by atoms with van der Waals surface area (Å²) in [5, 5.41) is 22.8. The molecule has 0 aromatic heterocycles. The van der Waals surface area contributed by atoms with Crippen molar-refractivity contribution in [1.29, 1.82) is 0 Å². The van der Waals surface area contributed by atoms with Crippen LogP contribution in [0.1, 0.15) is 0 Å². The van der Waals surface area contributed by atoms with E-state index in [9.17, 15) is 10.2 Å². The molecular weight excluding hydrogens is 1480 g/mol. The lowest BCUT2D eigenvalue weighted by Gasteiger charge is -2.53. The molecule has 30 saturated heterocycles. The van der Waals surface area contributed by atoms with Gasteiger partial charge in [0, 0.05) is 156 Å². The maximum absolute atomic E-state index is 11.4.